The number of hydrogen-bond donors (Lipinski definition) is 1. The highest BCUT2D eigenvalue weighted by Crippen LogP contribution is 2.29. The lowest BCUT2D eigenvalue weighted by Gasteiger charge is -2.22. The van der Waals surface area contributed by atoms with Gasteiger partial charge in [-0.1, -0.05) is 51.1 Å². The minimum atomic E-state index is -3.72. The minimum absolute atomic E-state index is 0.194. The molecule has 0 saturated carbocycles. The van der Waals surface area contributed by atoms with E-state index < -0.39 is 10.0 Å². The molecule has 24 heavy (non-hydrogen) atoms. The molecule has 0 unspecified atom stereocenters. The maximum absolute atomic E-state index is 12.6. The minimum Gasteiger partial charge on any atom is -0.262 e. The summed E-state index contributed by atoms with van der Waals surface area (Å²) in [5, 5.41) is 0. The van der Waals surface area contributed by atoms with Crippen LogP contribution in [0.4, 0.5) is 5.82 Å². The molecule has 2 aromatic carbocycles. The van der Waals surface area contributed by atoms with E-state index in [1.807, 2.05) is 45.0 Å². The van der Waals surface area contributed by atoms with Crippen molar-refractivity contribution in [2.45, 2.75) is 31.1 Å². The van der Waals surface area contributed by atoms with E-state index in [1.54, 1.807) is 30.3 Å². The lowest BCUT2D eigenvalue weighted by atomic mass is 9.91. The molecule has 0 aliphatic carbocycles. The molecule has 0 saturated heterocycles. The zero-order valence-corrected chi connectivity index (χ0v) is 14.6. The van der Waals surface area contributed by atoms with Crippen molar-refractivity contribution in [3.8, 4) is 0 Å². The quantitative estimate of drug-likeness (QED) is 0.788. The molecule has 0 amide bonds. The Balaban J connectivity index is 2.14. The number of benzene rings is 2. The second-order valence-corrected chi connectivity index (χ2v) is 8.26. The summed E-state index contributed by atoms with van der Waals surface area (Å²) in [6, 6.07) is 15.7. The molecule has 0 radical (unpaired) electrons. The largest absolute Gasteiger partial charge is 0.263 e. The summed E-state index contributed by atoms with van der Waals surface area (Å²) >= 11 is 0. The fraction of sp³-hybridized carbons (Fsp3) is 0.222. The van der Waals surface area contributed by atoms with Crippen LogP contribution in [0.2, 0.25) is 0 Å². The third-order valence-corrected chi connectivity index (χ3v) is 4.92. The van der Waals surface area contributed by atoms with Gasteiger partial charge in [-0.2, -0.15) is 0 Å². The molecule has 0 aliphatic rings. The summed E-state index contributed by atoms with van der Waals surface area (Å²) in [5.41, 5.74) is 1.65. The molecule has 5 nitrogen and oxygen atoms in total. The third-order valence-electron chi connectivity index (χ3n) is 3.57. The molecule has 124 valence electrons. The second-order valence-electron chi connectivity index (χ2n) is 6.58. The number of para-hydroxylation sites is 2. The van der Waals surface area contributed by atoms with Crippen LogP contribution in [-0.4, -0.2) is 18.4 Å². The van der Waals surface area contributed by atoms with Crippen LogP contribution in [0.5, 0.6) is 0 Å². The van der Waals surface area contributed by atoms with E-state index in [9.17, 15) is 8.42 Å². The molecule has 0 atom stereocenters. The smallest absolute Gasteiger partial charge is 0.262 e. The third kappa shape index (κ3) is 3.23. The fourth-order valence-electron chi connectivity index (χ4n) is 2.38. The fourth-order valence-corrected chi connectivity index (χ4v) is 3.41. The lowest BCUT2D eigenvalue weighted by molar-refractivity contribution is 0.570. The van der Waals surface area contributed by atoms with E-state index >= 15 is 0 Å². The molecule has 1 N–H and O–H groups in total. The number of nitrogens with zero attached hydrogens (tertiary/aromatic N) is 2. The lowest BCUT2D eigenvalue weighted by Crippen LogP contribution is -2.22. The van der Waals surface area contributed by atoms with Crippen molar-refractivity contribution >= 4 is 26.9 Å². The highest BCUT2D eigenvalue weighted by Gasteiger charge is 2.25. The zero-order chi connectivity index (χ0) is 17.4. The van der Waals surface area contributed by atoms with Crippen molar-refractivity contribution < 1.29 is 8.42 Å². The SMILES string of the molecule is CC(C)(C)c1nc2ccccc2nc1NS(=O)(=O)c1ccccc1. The molecule has 0 spiro atoms. The first-order valence-corrected chi connectivity index (χ1v) is 9.11. The topological polar surface area (TPSA) is 72.0 Å². The summed E-state index contributed by atoms with van der Waals surface area (Å²) in [5.74, 6) is 0.269. The van der Waals surface area contributed by atoms with E-state index in [4.69, 9.17) is 0 Å². The van der Waals surface area contributed by atoms with Crippen LogP contribution in [0.15, 0.2) is 59.5 Å². The second kappa shape index (κ2) is 5.87. The van der Waals surface area contributed by atoms with E-state index in [2.05, 4.69) is 14.7 Å². The summed E-state index contributed by atoms with van der Waals surface area (Å²) in [7, 11) is -3.72. The van der Waals surface area contributed by atoms with E-state index in [0.29, 0.717) is 11.2 Å². The van der Waals surface area contributed by atoms with Gasteiger partial charge in [0, 0.05) is 5.41 Å². The van der Waals surface area contributed by atoms with Crippen LogP contribution in [0, 0.1) is 0 Å². The van der Waals surface area contributed by atoms with Crippen molar-refractivity contribution in [2.75, 3.05) is 4.72 Å². The normalized spacial score (nSPS) is 12.3. The van der Waals surface area contributed by atoms with Gasteiger partial charge in [0.05, 0.1) is 21.6 Å². The highest BCUT2D eigenvalue weighted by molar-refractivity contribution is 7.92. The van der Waals surface area contributed by atoms with Crippen LogP contribution < -0.4 is 4.72 Å². The van der Waals surface area contributed by atoms with Crippen molar-refractivity contribution in [2.24, 2.45) is 0 Å². The number of rotatable bonds is 3. The van der Waals surface area contributed by atoms with Gasteiger partial charge in [-0.15, -0.1) is 0 Å². The Kier molecular flexibility index (Phi) is 4.01. The number of aromatic nitrogens is 2. The monoisotopic (exact) mass is 341 g/mol. The predicted octanol–water partition coefficient (Wildman–Crippen LogP) is 3.73. The van der Waals surface area contributed by atoms with Crippen LogP contribution in [0.3, 0.4) is 0 Å². The van der Waals surface area contributed by atoms with Crippen LogP contribution in [0.1, 0.15) is 26.5 Å². The van der Waals surface area contributed by atoms with Crippen molar-refractivity contribution in [3.63, 3.8) is 0 Å². The number of hydrogen-bond acceptors (Lipinski definition) is 4. The number of sulfonamides is 1. The van der Waals surface area contributed by atoms with E-state index in [-0.39, 0.29) is 16.1 Å². The summed E-state index contributed by atoms with van der Waals surface area (Å²) < 4.78 is 27.9. The average Bonchev–Trinajstić information content (AvgIpc) is 2.54. The highest BCUT2D eigenvalue weighted by atomic mass is 32.2. The summed E-state index contributed by atoms with van der Waals surface area (Å²) in [6.45, 7) is 5.93. The molecular weight excluding hydrogens is 322 g/mol. The molecule has 0 fully saturated rings. The van der Waals surface area contributed by atoms with Gasteiger partial charge in [-0.3, -0.25) is 4.72 Å². The molecule has 1 heterocycles. The Morgan fingerprint density at radius 1 is 0.833 bits per heavy atom. The molecule has 0 bridgehead atoms. The molecule has 0 aliphatic heterocycles. The number of anilines is 1. The van der Waals surface area contributed by atoms with E-state index in [0.717, 1.165) is 5.52 Å². The predicted molar refractivity (Wildman–Crippen MR) is 95.5 cm³/mol. The van der Waals surface area contributed by atoms with Gasteiger partial charge in [-0.05, 0) is 24.3 Å². The van der Waals surface area contributed by atoms with Crippen LogP contribution in [0.25, 0.3) is 11.0 Å². The van der Waals surface area contributed by atoms with Gasteiger partial charge in [0.2, 0.25) is 0 Å². The van der Waals surface area contributed by atoms with E-state index in [1.165, 1.54) is 0 Å². The zero-order valence-electron chi connectivity index (χ0n) is 13.8. The first kappa shape index (κ1) is 16.4. The molecular formula is C18H19N3O2S. The maximum Gasteiger partial charge on any atom is 0.263 e. The summed E-state index contributed by atoms with van der Waals surface area (Å²) in [4.78, 5) is 9.33. The Morgan fingerprint density at radius 2 is 1.38 bits per heavy atom. The Hall–Kier alpha value is -2.47. The van der Waals surface area contributed by atoms with Gasteiger partial charge in [-0.25, -0.2) is 18.4 Å². The van der Waals surface area contributed by atoms with Crippen molar-refractivity contribution in [3.05, 3.63) is 60.3 Å². The first-order valence-electron chi connectivity index (χ1n) is 7.62. The standard InChI is InChI=1S/C18H19N3O2S/c1-18(2,3)16-17(20-15-12-8-7-11-14(15)19-16)21-24(22,23)13-9-5-4-6-10-13/h4-12H,1-3H3,(H,20,21). The average molecular weight is 341 g/mol. The summed E-state index contributed by atoms with van der Waals surface area (Å²) in [6.07, 6.45) is 0. The first-order chi connectivity index (χ1) is 11.3. The van der Waals surface area contributed by atoms with Gasteiger partial charge in [0.15, 0.2) is 5.82 Å². The maximum atomic E-state index is 12.6. The number of nitrogens with one attached hydrogen (secondary N) is 1. The number of fused-ring (bicyclic) bond motifs is 1. The van der Waals surface area contributed by atoms with Gasteiger partial charge in [0.25, 0.3) is 10.0 Å². The van der Waals surface area contributed by atoms with Gasteiger partial charge >= 0.3 is 0 Å². The van der Waals surface area contributed by atoms with Crippen LogP contribution in [-0.2, 0) is 15.4 Å². The Bertz CT molecular complexity index is 978. The van der Waals surface area contributed by atoms with Gasteiger partial charge in [0.1, 0.15) is 0 Å². The molecule has 1 aromatic heterocycles. The molecule has 3 rings (SSSR count). The Morgan fingerprint density at radius 3 is 1.96 bits per heavy atom. The van der Waals surface area contributed by atoms with Crippen molar-refractivity contribution in [1.82, 2.24) is 9.97 Å². The van der Waals surface area contributed by atoms with Crippen LogP contribution >= 0.6 is 0 Å². The molecule has 3 aromatic rings. The Labute approximate surface area is 141 Å². The molecule has 6 heteroatoms. The van der Waals surface area contributed by atoms with Gasteiger partial charge < -0.3 is 0 Å². The van der Waals surface area contributed by atoms with Crippen molar-refractivity contribution in [1.29, 1.82) is 0 Å².